The summed E-state index contributed by atoms with van der Waals surface area (Å²) < 4.78 is 28.2. The van der Waals surface area contributed by atoms with Gasteiger partial charge in [-0.3, -0.25) is 0 Å². The van der Waals surface area contributed by atoms with Gasteiger partial charge in [0.25, 0.3) is 10.2 Å². The third-order valence-corrected chi connectivity index (χ3v) is 6.69. The summed E-state index contributed by atoms with van der Waals surface area (Å²) in [5.74, 6) is 0. The molecule has 1 saturated heterocycles. The van der Waals surface area contributed by atoms with Crippen molar-refractivity contribution in [3.8, 4) is 0 Å². The number of nitrogens with zero attached hydrogens (tertiary/aromatic N) is 2. The van der Waals surface area contributed by atoms with Crippen molar-refractivity contribution in [2.45, 2.75) is 59.4 Å². The van der Waals surface area contributed by atoms with Gasteiger partial charge >= 0.3 is 0 Å². The van der Waals surface area contributed by atoms with Crippen LogP contribution in [0.4, 0.5) is 0 Å². The third-order valence-electron chi connectivity index (χ3n) is 4.71. The average molecular weight is 320 g/mol. The molecule has 0 bridgehead atoms. The highest BCUT2D eigenvalue weighted by atomic mass is 32.2. The Kier molecular flexibility index (Phi) is 7.10. The normalized spacial score (nSPS) is 20.3. The summed E-state index contributed by atoms with van der Waals surface area (Å²) in [5.41, 5.74) is 0.311. The SMILES string of the molecule is CCC1(C)CCN(S(=O)(=O)N(C)CCCNC(C)C)CC1. The van der Waals surface area contributed by atoms with Crippen molar-refractivity contribution in [1.29, 1.82) is 0 Å². The highest BCUT2D eigenvalue weighted by Gasteiger charge is 2.35. The summed E-state index contributed by atoms with van der Waals surface area (Å²) in [4.78, 5) is 0. The molecule has 1 heterocycles. The van der Waals surface area contributed by atoms with Gasteiger partial charge < -0.3 is 5.32 Å². The molecule has 1 aliphatic heterocycles. The van der Waals surface area contributed by atoms with E-state index in [-0.39, 0.29) is 0 Å². The van der Waals surface area contributed by atoms with Gasteiger partial charge in [0, 0.05) is 32.7 Å². The molecular weight excluding hydrogens is 286 g/mol. The minimum atomic E-state index is -3.28. The van der Waals surface area contributed by atoms with Crippen LogP contribution in [0, 0.1) is 5.41 Å². The first-order chi connectivity index (χ1) is 9.71. The van der Waals surface area contributed by atoms with Crippen LogP contribution in [0.5, 0.6) is 0 Å². The van der Waals surface area contributed by atoms with E-state index in [1.807, 2.05) is 0 Å². The molecule has 5 nitrogen and oxygen atoms in total. The molecule has 0 spiro atoms. The van der Waals surface area contributed by atoms with E-state index in [2.05, 4.69) is 33.0 Å². The van der Waals surface area contributed by atoms with Gasteiger partial charge in [0.1, 0.15) is 0 Å². The topological polar surface area (TPSA) is 52.7 Å². The van der Waals surface area contributed by atoms with Crippen molar-refractivity contribution in [2.75, 3.05) is 33.2 Å². The van der Waals surface area contributed by atoms with Crippen molar-refractivity contribution in [1.82, 2.24) is 13.9 Å². The Hall–Kier alpha value is -0.170. The third kappa shape index (κ3) is 5.51. The summed E-state index contributed by atoms with van der Waals surface area (Å²) in [5, 5.41) is 3.32. The molecule has 0 aliphatic carbocycles. The summed E-state index contributed by atoms with van der Waals surface area (Å²) in [6, 6.07) is 0.445. The monoisotopic (exact) mass is 319 g/mol. The molecule has 0 aromatic heterocycles. The van der Waals surface area contributed by atoms with Gasteiger partial charge in [0.05, 0.1) is 0 Å². The number of hydrogen-bond acceptors (Lipinski definition) is 3. The zero-order valence-electron chi connectivity index (χ0n) is 14.4. The molecule has 0 amide bonds. The van der Waals surface area contributed by atoms with Gasteiger partial charge in [-0.2, -0.15) is 17.0 Å². The van der Waals surface area contributed by atoms with E-state index in [0.717, 1.165) is 32.2 Å². The van der Waals surface area contributed by atoms with Crippen LogP contribution in [-0.4, -0.2) is 56.3 Å². The van der Waals surface area contributed by atoms with Crippen LogP contribution in [0.25, 0.3) is 0 Å². The number of piperidine rings is 1. The Labute approximate surface area is 131 Å². The molecule has 1 fully saturated rings. The van der Waals surface area contributed by atoms with E-state index in [1.54, 1.807) is 11.4 Å². The fourth-order valence-corrected chi connectivity index (χ4v) is 4.01. The van der Waals surface area contributed by atoms with E-state index in [0.29, 0.717) is 31.1 Å². The molecule has 1 rings (SSSR count). The van der Waals surface area contributed by atoms with Gasteiger partial charge in [-0.1, -0.05) is 34.1 Å². The van der Waals surface area contributed by atoms with Crippen LogP contribution in [0.15, 0.2) is 0 Å². The first-order valence-corrected chi connectivity index (χ1v) is 9.56. The fraction of sp³-hybridized carbons (Fsp3) is 1.00. The number of nitrogens with one attached hydrogen (secondary N) is 1. The number of hydrogen-bond donors (Lipinski definition) is 1. The molecule has 0 radical (unpaired) electrons. The summed E-state index contributed by atoms with van der Waals surface area (Å²) >= 11 is 0. The summed E-state index contributed by atoms with van der Waals surface area (Å²) in [6.07, 6.45) is 3.89. The predicted octanol–water partition coefficient (Wildman–Crippen LogP) is 2.06. The number of rotatable bonds is 8. The van der Waals surface area contributed by atoms with E-state index in [4.69, 9.17) is 0 Å². The fourth-order valence-electron chi connectivity index (χ4n) is 2.62. The van der Waals surface area contributed by atoms with Crippen LogP contribution >= 0.6 is 0 Å². The molecule has 0 atom stereocenters. The zero-order valence-corrected chi connectivity index (χ0v) is 15.2. The van der Waals surface area contributed by atoms with E-state index < -0.39 is 10.2 Å². The maximum Gasteiger partial charge on any atom is 0.281 e. The van der Waals surface area contributed by atoms with Gasteiger partial charge in [-0.15, -0.1) is 0 Å². The van der Waals surface area contributed by atoms with Crippen LogP contribution in [0.2, 0.25) is 0 Å². The highest BCUT2D eigenvalue weighted by molar-refractivity contribution is 7.86. The van der Waals surface area contributed by atoms with Crippen LogP contribution in [-0.2, 0) is 10.2 Å². The first kappa shape index (κ1) is 18.9. The summed E-state index contributed by atoms with van der Waals surface area (Å²) in [6.45, 7) is 11.4. The minimum Gasteiger partial charge on any atom is -0.314 e. The lowest BCUT2D eigenvalue weighted by Crippen LogP contribution is -2.48. The van der Waals surface area contributed by atoms with Crippen molar-refractivity contribution in [3.63, 3.8) is 0 Å². The predicted molar refractivity (Wildman–Crippen MR) is 88.5 cm³/mol. The molecule has 6 heteroatoms. The maximum atomic E-state index is 12.5. The molecule has 126 valence electrons. The van der Waals surface area contributed by atoms with E-state index >= 15 is 0 Å². The van der Waals surface area contributed by atoms with Gasteiger partial charge in [0.15, 0.2) is 0 Å². The molecule has 0 aromatic carbocycles. The quantitative estimate of drug-likeness (QED) is 0.697. The average Bonchev–Trinajstić information content (AvgIpc) is 2.43. The summed E-state index contributed by atoms with van der Waals surface area (Å²) in [7, 11) is -1.59. The van der Waals surface area contributed by atoms with Crippen molar-refractivity contribution in [2.24, 2.45) is 5.41 Å². The molecule has 0 aromatic rings. The Morgan fingerprint density at radius 2 is 1.86 bits per heavy atom. The van der Waals surface area contributed by atoms with Gasteiger partial charge in [-0.25, -0.2) is 0 Å². The van der Waals surface area contributed by atoms with E-state index in [1.165, 1.54) is 4.31 Å². The maximum absolute atomic E-state index is 12.5. The second kappa shape index (κ2) is 7.90. The van der Waals surface area contributed by atoms with Gasteiger partial charge in [0.2, 0.25) is 0 Å². The highest BCUT2D eigenvalue weighted by Crippen LogP contribution is 2.35. The smallest absolute Gasteiger partial charge is 0.281 e. The molecule has 0 unspecified atom stereocenters. The van der Waals surface area contributed by atoms with Crippen molar-refractivity contribution < 1.29 is 8.42 Å². The lowest BCUT2D eigenvalue weighted by molar-refractivity contribution is 0.163. The Balaban J connectivity index is 2.46. The molecule has 1 aliphatic rings. The second-order valence-electron chi connectivity index (χ2n) is 6.85. The zero-order chi connectivity index (χ0) is 16.1. The standard InChI is InChI=1S/C15H33N3O2S/c1-6-15(4)8-12-18(13-9-15)21(19,20)17(5)11-7-10-16-14(2)3/h14,16H,6-13H2,1-5H3. The molecule has 1 N–H and O–H groups in total. The van der Waals surface area contributed by atoms with Crippen molar-refractivity contribution in [3.05, 3.63) is 0 Å². The second-order valence-corrected chi connectivity index (χ2v) is 8.89. The first-order valence-electron chi connectivity index (χ1n) is 8.16. The van der Waals surface area contributed by atoms with Gasteiger partial charge in [-0.05, 0) is 31.2 Å². The molecule has 0 saturated carbocycles. The van der Waals surface area contributed by atoms with E-state index in [9.17, 15) is 8.42 Å². The minimum absolute atomic E-state index is 0.311. The Morgan fingerprint density at radius 3 is 2.33 bits per heavy atom. The molecule has 21 heavy (non-hydrogen) atoms. The Bertz CT molecular complexity index is 401. The lowest BCUT2D eigenvalue weighted by Gasteiger charge is -2.39. The Morgan fingerprint density at radius 1 is 1.29 bits per heavy atom. The largest absolute Gasteiger partial charge is 0.314 e. The lowest BCUT2D eigenvalue weighted by atomic mass is 9.79. The van der Waals surface area contributed by atoms with Crippen LogP contribution < -0.4 is 5.32 Å². The van der Waals surface area contributed by atoms with Crippen LogP contribution in [0.3, 0.4) is 0 Å². The van der Waals surface area contributed by atoms with Crippen molar-refractivity contribution >= 4 is 10.2 Å². The van der Waals surface area contributed by atoms with Crippen LogP contribution in [0.1, 0.15) is 53.4 Å². The molecular formula is C15H33N3O2S.